The van der Waals surface area contributed by atoms with Crippen molar-refractivity contribution < 1.29 is 4.74 Å². The van der Waals surface area contributed by atoms with Gasteiger partial charge >= 0.3 is 0 Å². The quantitative estimate of drug-likeness (QED) is 0.848. The van der Waals surface area contributed by atoms with E-state index in [0.717, 1.165) is 25.3 Å². The highest BCUT2D eigenvalue weighted by Gasteiger charge is 2.28. The lowest BCUT2D eigenvalue weighted by Gasteiger charge is -2.36. The Morgan fingerprint density at radius 1 is 1.59 bits per heavy atom. The van der Waals surface area contributed by atoms with Crippen LogP contribution < -0.4 is 5.32 Å². The molecule has 0 aromatic carbocycles. The van der Waals surface area contributed by atoms with E-state index >= 15 is 0 Å². The van der Waals surface area contributed by atoms with Crippen molar-refractivity contribution in [2.75, 3.05) is 11.9 Å². The molecule has 1 aromatic rings. The summed E-state index contributed by atoms with van der Waals surface area (Å²) in [5.41, 5.74) is 0.553. The molecule has 1 N–H and O–H groups in total. The Bertz CT molecular complexity index is 437. The molecule has 4 heteroatoms. The van der Waals surface area contributed by atoms with Gasteiger partial charge in [-0.3, -0.25) is 0 Å². The molecule has 0 bridgehead atoms. The molecule has 0 amide bonds. The van der Waals surface area contributed by atoms with Crippen molar-refractivity contribution >= 4 is 5.82 Å². The number of aromatic nitrogens is 1. The first kappa shape index (κ1) is 11.9. The Labute approximate surface area is 102 Å². The third kappa shape index (κ3) is 3.18. The molecule has 0 spiro atoms. The first-order valence-electron chi connectivity index (χ1n) is 5.86. The Balaban J connectivity index is 2.03. The number of pyridine rings is 1. The molecular weight excluding hydrogens is 214 g/mol. The van der Waals surface area contributed by atoms with E-state index in [-0.39, 0.29) is 5.60 Å². The van der Waals surface area contributed by atoms with E-state index in [9.17, 15) is 0 Å². The highest BCUT2D eigenvalue weighted by molar-refractivity contribution is 5.43. The second-order valence-electron chi connectivity index (χ2n) is 4.98. The van der Waals surface area contributed by atoms with E-state index in [1.165, 1.54) is 0 Å². The smallest absolute Gasteiger partial charge is 0.127 e. The van der Waals surface area contributed by atoms with Gasteiger partial charge in [0.15, 0.2) is 0 Å². The monoisotopic (exact) mass is 231 g/mol. The molecule has 90 valence electrons. The molecule has 0 saturated carbocycles. The van der Waals surface area contributed by atoms with E-state index in [1.807, 2.05) is 0 Å². The minimum atomic E-state index is -0.0806. The maximum absolute atomic E-state index is 8.83. The Kier molecular flexibility index (Phi) is 3.30. The number of hydrogen-bond donors (Lipinski definition) is 1. The minimum Gasteiger partial charge on any atom is -0.375 e. The van der Waals surface area contributed by atoms with Gasteiger partial charge in [-0.2, -0.15) is 5.26 Å². The molecule has 0 aliphatic carbocycles. The number of ether oxygens (including phenoxy) is 1. The molecule has 17 heavy (non-hydrogen) atoms. The van der Waals surface area contributed by atoms with E-state index in [2.05, 4.69) is 30.2 Å². The molecule has 1 fully saturated rings. The van der Waals surface area contributed by atoms with Gasteiger partial charge in [0.1, 0.15) is 5.82 Å². The molecule has 2 rings (SSSR count). The largest absolute Gasteiger partial charge is 0.375 e. The van der Waals surface area contributed by atoms with Crippen molar-refractivity contribution in [1.29, 1.82) is 5.26 Å². The predicted molar refractivity (Wildman–Crippen MR) is 65.6 cm³/mol. The van der Waals surface area contributed by atoms with Crippen LogP contribution >= 0.6 is 0 Å². The zero-order chi connectivity index (χ0) is 12.3. The summed E-state index contributed by atoms with van der Waals surface area (Å²) in [5.74, 6) is 0.770. The summed E-state index contributed by atoms with van der Waals surface area (Å²) < 4.78 is 5.67. The van der Waals surface area contributed by atoms with Crippen LogP contribution in [0.25, 0.3) is 0 Å². The molecule has 4 nitrogen and oxygen atoms in total. The first-order chi connectivity index (χ1) is 8.09. The average molecular weight is 231 g/mol. The Morgan fingerprint density at radius 3 is 3.12 bits per heavy atom. The van der Waals surface area contributed by atoms with E-state index in [0.29, 0.717) is 11.6 Å². The number of nitrogens with one attached hydrogen (secondary N) is 1. The molecule has 1 unspecified atom stereocenters. The van der Waals surface area contributed by atoms with Crippen molar-refractivity contribution in [3.05, 3.63) is 23.9 Å². The lowest BCUT2D eigenvalue weighted by Crippen LogP contribution is -2.40. The van der Waals surface area contributed by atoms with E-state index in [4.69, 9.17) is 10.00 Å². The summed E-state index contributed by atoms with van der Waals surface area (Å²) in [7, 11) is 0. The fraction of sp³-hybridized carbons (Fsp3) is 0.538. The van der Waals surface area contributed by atoms with Crippen LogP contribution in [0.1, 0.15) is 32.3 Å². The fourth-order valence-electron chi connectivity index (χ4n) is 2.14. The highest BCUT2D eigenvalue weighted by atomic mass is 16.5. The predicted octanol–water partition coefficient (Wildman–Crippen LogP) is 2.32. The van der Waals surface area contributed by atoms with Gasteiger partial charge in [-0.1, -0.05) is 0 Å². The molecule has 1 aliphatic heterocycles. The molecule has 1 aromatic heterocycles. The summed E-state index contributed by atoms with van der Waals surface area (Å²) in [6.45, 7) is 4.96. The maximum Gasteiger partial charge on any atom is 0.127 e. The van der Waals surface area contributed by atoms with Gasteiger partial charge in [0, 0.05) is 18.8 Å². The first-order valence-corrected chi connectivity index (χ1v) is 5.86. The molecular formula is C13H17N3O. The van der Waals surface area contributed by atoms with Crippen LogP contribution in [0.5, 0.6) is 0 Å². The molecule has 0 radical (unpaired) electrons. The lowest BCUT2D eigenvalue weighted by atomic mass is 9.94. The molecule has 1 aliphatic rings. The highest BCUT2D eigenvalue weighted by Crippen LogP contribution is 2.25. The second kappa shape index (κ2) is 4.72. The number of rotatable bonds is 2. The summed E-state index contributed by atoms with van der Waals surface area (Å²) in [4.78, 5) is 4.23. The standard InChI is InChI=1S/C13H17N3O/c1-13(2)8-11(4-6-17-13)16-12-7-10(9-14)3-5-15-12/h3,5,7,11H,4,6,8H2,1-2H3,(H,15,16). The van der Waals surface area contributed by atoms with Crippen LogP contribution in [0.3, 0.4) is 0 Å². The van der Waals surface area contributed by atoms with Gasteiger partial charge < -0.3 is 10.1 Å². The van der Waals surface area contributed by atoms with Crippen LogP contribution in [0.4, 0.5) is 5.82 Å². The van der Waals surface area contributed by atoms with Crippen molar-refractivity contribution in [1.82, 2.24) is 4.98 Å². The van der Waals surface area contributed by atoms with Gasteiger partial charge in [0.05, 0.1) is 17.2 Å². The third-order valence-corrected chi connectivity index (χ3v) is 2.94. The van der Waals surface area contributed by atoms with Gasteiger partial charge in [0.25, 0.3) is 0 Å². The minimum absolute atomic E-state index is 0.0806. The van der Waals surface area contributed by atoms with Crippen molar-refractivity contribution in [3.8, 4) is 6.07 Å². The summed E-state index contributed by atoms with van der Waals surface area (Å²) in [5, 5.41) is 12.2. The Hall–Kier alpha value is -1.60. The average Bonchev–Trinajstić information content (AvgIpc) is 2.28. The maximum atomic E-state index is 8.83. The third-order valence-electron chi connectivity index (χ3n) is 2.94. The van der Waals surface area contributed by atoms with Crippen LogP contribution in [0, 0.1) is 11.3 Å². The second-order valence-corrected chi connectivity index (χ2v) is 4.98. The van der Waals surface area contributed by atoms with Gasteiger partial charge in [-0.25, -0.2) is 4.98 Å². The van der Waals surface area contributed by atoms with Crippen molar-refractivity contribution in [2.45, 2.75) is 38.3 Å². The lowest BCUT2D eigenvalue weighted by molar-refractivity contribution is -0.0553. The van der Waals surface area contributed by atoms with Gasteiger partial charge in [-0.15, -0.1) is 0 Å². The van der Waals surface area contributed by atoms with Gasteiger partial charge in [-0.05, 0) is 38.8 Å². The van der Waals surface area contributed by atoms with Crippen LogP contribution in [0.2, 0.25) is 0 Å². The topological polar surface area (TPSA) is 57.9 Å². The number of anilines is 1. The van der Waals surface area contributed by atoms with Gasteiger partial charge in [0.2, 0.25) is 0 Å². The van der Waals surface area contributed by atoms with Crippen LogP contribution in [-0.4, -0.2) is 23.2 Å². The van der Waals surface area contributed by atoms with Crippen LogP contribution in [-0.2, 0) is 4.74 Å². The number of nitriles is 1. The van der Waals surface area contributed by atoms with E-state index in [1.54, 1.807) is 18.3 Å². The number of hydrogen-bond acceptors (Lipinski definition) is 4. The summed E-state index contributed by atoms with van der Waals surface area (Å²) >= 11 is 0. The van der Waals surface area contributed by atoms with Crippen LogP contribution in [0.15, 0.2) is 18.3 Å². The molecule has 2 heterocycles. The molecule has 1 atom stereocenters. The zero-order valence-electron chi connectivity index (χ0n) is 10.2. The molecule has 1 saturated heterocycles. The van der Waals surface area contributed by atoms with Crippen molar-refractivity contribution in [3.63, 3.8) is 0 Å². The number of nitrogens with zero attached hydrogens (tertiary/aromatic N) is 2. The Morgan fingerprint density at radius 2 is 2.41 bits per heavy atom. The summed E-state index contributed by atoms with van der Waals surface area (Å²) in [6, 6.07) is 5.97. The summed E-state index contributed by atoms with van der Waals surface area (Å²) in [6.07, 6.45) is 3.58. The van der Waals surface area contributed by atoms with E-state index < -0.39 is 0 Å². The SMILES string of the molecule is CC1(C)CC(Nc2cc(C#N)ccn2)CCO1. The normalized spacial score (nSPS) is 22.8. The van der Waals surface area contributed by atoms with Crippen molar-refractivity contribution in [2.24, 2.45) is 0 Å². The zero-order valence-corrected chi connectivity index (χ0v) is 10.2. The fourth-order valence-corrected chi connectivity index (χ4v) is 2.14.